The van der Waals surface area contributed by atoms with Crippen LogP contribution in [-0.2, 0) is 12.1 Å². The molecule has 0 unspecified atom stereocenters. The van der Waals surface area contributed by atoms with E-state index < -0.39 is 11.6 Å². The van der Waals surface area contributed by atoms with Crippen LogP contribution < -0.4 is 10.6 Å². The summed E-state index contributed by atoms with van der Waals surface area (Å²) in [5.41, 5.74) is 1.52. The number of amides is 2. The highest BCUT2D eigenvalue weighted by Gasteiger charge is 2.24. The lowest BCUT2D eigenvalue weighted by molar-refractivity contribution is 0.241. The summed E-state index contributed by atoms with van der Waals surface area (Å²) in [6, 6.07) is 13.8. The molecular formula is C20H21BrFN5O. The lowest BCUT2D eigenvalue weighted by Crippen LogP contribution is -2.43. The summed E-state index contributed by atoms with van der Waals surface area (Å²) in [7, 11) is 0. The molecule has 0 saturated heterocycles. The van der Waals surface area contributed by atoms with Gasteiger partial charge < -0.3 is 5.32 Å². The summed E-state index contributed by atoms with van der Waals surface area (Å²) in [6.07, 6.45) is 0. The average molecular weight is 446 g/mol. The number of rotatable bonds is 5. The third-order valence-electron chi connectivity index (χ3n) is 4.48. The van der Waals surface area contributed by atoms with Gasteiger partial charge in [0.25, 0.3) is 0 Å². The molecule has 3 aromatic rings. The van der Waals surface area contributed by atoms with Crippen LogP contribution in [0.3, 0.4) is 0 Å². The van der Waals surface area contributed by atoms with Gasteiger partial charge in [0.05, 0.1) is 17.8 Å². The number of nitrogens with zero attached hydrogens (tertiary/aromatic N) is 3. The van der Waals surface area contributed by atoms with Crippen molar-refractivity contribution in [3.05, 3.63) is 75.6 Å². The number of benzene rings is 2. The van der Waals surface area contributed by atoms with E-state index in [1.165, 1.54) is 6.07 Å². The summed E-state index contributed by atoms with van der Waals surface area (Å²) in [5, 5.41) is 13.7. The molecule has 2 N–H and O–H groups in total. The van der Waals surface area contributed by atoms with Crippen LogP contribution in [0.1, 0.15) is 30.7 Å². The van der Waals surface area contributed by atoms with Crippen LogP contribution in [0, 0.1) is 12.7 Å². The number of carbonyl (C=O) groups excluding carboxylic acids is 1. The van der Waals surface area contributed by atoms with Crippen molar-refractivity contribution in [2.45, 2.75) is 32.9 Å². The Hall–Kier alpha value is -2.74. The fourth-order valence-electron chi connectivity index (χ4n) is 2.78. The Morgan fingerprint density at radius 1 is 1.18 bits per heavy atom. The van der Waals surface area contributed by atoms with Crippen molar-refractivity contribution >= 4 is 27.8 Å². The molecule has 3 rings (SSSR count). The van der Waals surface area contributed by atoms with Gasteiger partial charge in [0.2, 0.25) is 0 Å². The highest BCUT2D eigenvalue weighted by atomic mass is 79.9. The van der Waals surface area contributed by atoms with E-state index in [-0.39, 0.29) is 12.4 Å². The van der Waals surface area contributed by atoms with E-state index in [0.29, 0.717) is 17.1 Å². The summed E-state index contributed by atoms with van der Waals surface area (Å²) < 4.78 is 16.4. The zero-order valence-corrected chi connectivity index (χ0v) is 17.4. The molecule has 0 bridgehead atoms. The van der Waals surface area contributed by atoms with Gasteiger partial charge in [-0.15, -0.1) is 5.10 Å². The van der Waals surface area contributed by atoms with Crippen molar-refractivity contribution in [1.29, 1.82) is 0 Å². The number of halogens is 2. The lowest BCUT2D eigenvalue weighted by atomic mass is 9.95. The zero-order valence-electron chi connectivity index (χ0n) is 15.8. The summed E-state index contributed by atoms with van der Waals surface area (Å²) in [5.74, 6) is 0.0290. The third-order valence-corrected chi connectivity index (χ3v) is 5.01. The van der Waals surface area contributed by atoms with Crippen LogP contribution in [0.5, 0.6) is 0 Å². The molecule has 1 aromatic heterocycles. The Balaban J connectivity index is 1.68. The zero-order chi connectivity index (χ0) is 20.3. The van der Waals surface area contributed by atoms with Crippen LogP contribution in [0.2, 0.25) is 0 Å². The Morgan fingerprint density at radius 2 is 1.86 bits per heavy atom. The van der Waals surface area contributed by atoms with Crippen LogP contribution in [0.15, 0.2) is 53.0 Å². The number of carbonyl (C=O) groups is 1. The van der Waals surface area contributed by atoms with Gasteiger partial charge in [0.1, 0.15) is 5.82 Å². The summed E-state index contributed by atoms with van der Waals surface area (Å²) in [6.45, 7) is 5.84. The minimum Gasteiger partial charge on any atom is -0.329 e. The molecule has 0 radical (unpaired) electrons. The number of urea groups is 1. The highest BCUT2D eigenvalue weighted by Crippen LogP contribution is 2.22. The maximum atomic E-state index is 13.9. The van der Waals surface area contributed by atoms with Gasteiger partial charge in [-0.3, -0.25) is 5.32 Å². The molecule has 0 aliphatic rings. The van der Waals surface area contributed by atoms with E-state index >= 15 is 0 Å². The second-order valence-corrected chi connectivity index (χ2v) is 7.90. The standard InChI is InChI=1S/C20H21BrFN5O/c1-13-18(25-26-27(13)12-14-6-4-5-7-17(14)22)23-19(28)24-20(2,3)15-8-10-16(21)11-9-15/h4-11H,12H2,1-3H3,(H2,23,24,28). The molecule has 146 valence electrons. The summed E-state index contributed by atoms with van der Waals surface area (Å²) in [4.78, 5) is 12.5. The van der Waals surface area contributed by atoms with E-state index in [0.717, 1.165) is 10.0 Å². The third kappa shape index (κ3) is 4.56. The number of hydrogen-bond donors (Lipinski definition) is 2. The van der Waals surface area contributed by atoms with Gasteiger partial charge in [0.15, 0.2) is 5.82 Å². The molecule has 0 aliphatic heterocycles. The number of hydrogen-bond acceptors (Lipinski definition) is 3. The highest BCUT2D eigenvalue weighted by molar-refractivity contribution is 9.10. The number of anilines is 1. The van der Waals surface area contributed by atoms with E-state index in [1.807, 2.05) is 38.1 Å². The first kappa shape index (κ1) is 20.0. The molecule has 0 fully saturated rings. The van der Waals surface area contributed by atoms with Gasteiger partial charge in [-0.2, -0.15) is 0 Å². The number of nitrogens with one attached hydrogen (secondary N) is 2. The van der Waals surface area contributed by atoms with E-state index in [9.17, 15) is 9.18 Å². The fourth-order valence-corrected chi connectivity index (χ4v) is 3.04. The van der Waals surface area contributed by atoms with Crippen LogP contribution in [-0.4, -0.2) is 21.0 Å². The van der Waals surface area contributed by atoms with Crippen molar-refractivity contribution in [3.8, 4) is 0 Å². The minimum absolute atomic E-state index is 0.235. The first-order valence-corrected chi connectivity index (χ1v) is 9.54. The maximum absolute atomic E-state index is 13.9. The molecule has 0 atom stereocenters. The Kier molecular flexibility index (Phi) is 5.79. The second kappa shape index (κ2) is 8.10. The maximum Gasteiger partial charge on any atom is 0.321 e. The Bertz CT molecular complexity index is 985. The first-order chi connectivity index (χ1) is 13.3. The average Bonchev–Trinajstić information content (AvgIpc) is 2.97. The van der Waals surface area contributed by atoms with Crippen LogP contribution in [0.4, 0.5) is 15.0 Å². The smallest absolute Gasteiger partial charge is 0.321 e. The molecule has 0 aliphatic carbocycles. The molecular weight excluding hydrogens is 425 g/mol. The van der Waals surface area contributed by atoms with Crippen molar-refractivity contribution in [2.75, 3.05) is 5.32 Å². The van der Waals surface area contributed by atoms with E-state index in [2.05, 4.69) is 36.9 Å². The number of aromatic nitrogens is 3. The van der Waals surface area contributed by atoms with E-state index in [1.54, 1.807) is 29.8 Å². The molecule has 8 heteroatoms. The topological polar surface area (TPSA) is 71.8 Å². The molecule has 6 nitrogen and oxygen atoms in total. The summed E-state index contributed by atoms with van der Waals surface area (Å²) >= 11 is 3.40. The molecule has 28 heavy (non-hydrogen) atoms. The van der Waals surface area contributed by atoms with Gasteiger partial charge >= 0.3 is 6.03 Å². The largest absolute Gasteiger partial charge is 0.329 e. The van der Waals surface area contributed by atoms with Crippen molar-refractivity contribution in [3.63, 3.8) is 0 Å². The molecule has 2 amide bonds. The van der Waals surface area contributed by atoms with Gasteiger partial charge in [-0.25, -0.2) is 13.9 Å². The van der Waals surface area contributed by atoms with Crippen LogP contribution in [0.25, 0.3) is 0 Å². The van der Waals surface area contributed by atoms with Gasteiger partial charge in [-0.1, -0.05) is 51.5 Å². The second-order valence-electron chi connectivity index (χ2n) is 6.98. The Labute approximate surface area is 171 Å². The molecule has 2 aromatic carbocycles. The lowest BCUT2D eigenvalue weighted by Gasteiger charge is -2.27. The van der Waals surface area contributed by atoms with Gasteiger partial charge in [-0.05, 0) is 44.5 Å². The van der Waals surface area contributed by atoms with Crippen LogP contribution >= 0.6 is 15.9 Å². The van der Waals surface area contributed by atoms with Crippen molar-refractivity contribution in [2.24, 2.45) is 0 Å². The normalized spacial score (nSPS) is 11.3. The Morgan fingerprint density at radius 3 is 2.54 bits per heavy atom. The molecule has 0 spiro atoms. The monoisotopic (exact) mass is 445 g/mol. The molecule has 1 heterocycles. The SMILES string of the molecule is Cc1c(NC(=O)NC(C)(C)c2ccc(Br)cc2)nnn1Cc1ccccc1F. The minimum atomic E-state index is -0.581. The van der Waals surface area contributed by atoms with Crippen molar-refractivity contribution in [1.82, 2.24) is 20.3 Å². The first-order valence-electron chi connectivity index (χ1n) is 8.75. The predicted molar refractivity (Wildman–Crippen MR) is 110 cm³/mol. The predicted octanol–water partition coefficient (Wildman–Crippen LogP) is 4.59. The fraction of sp³-hybridized carbons (Fsp3) is 0.250. The molecule has 0 saturated carbocycles. The van der Waals surface area contributed by atoms with Gasteiger partial charge in [0, 0.05) is 10.0 Å². The van der Waals surface area contributed by atoms with E-state index in [4.69, 9.17) is 0 Å². The quantitative estimate of drug-likeness (QED) is 0.602. The van der Waals surface area contributed by atoms with Crippen molar-refractivity contribution < 1.29 is 9.18 Å².